The van der Waals surface area contributed by atoms with E-state index in [1.54, 1.807) is 60.4 Å². The fraction of sp³-hybridized carbons (Fsp3) is 0.364. The predicted octanol–water partition coefficient (Wildman–Crippen LogP) is 4.36. The smallest absolute Gasteiger partial charge is 0.254 e. The Bertz CT molecular complexity index is 761. The maximum Gasteiger partial charge on any atom is 0.254 e. The lowest BCUT2D eigenvalue weighted by molar-refractivity contribution is 0.0752. The summed E-state index contributed by atoms with van der Waals surface area (Å²) >= 11 is 0. The van der Waals surface area contributed by atoms with Gasteiger partial charge in [-0.15, -0.1) is 0 Å². The Kier molecular flexibility index (Phi) is 12.8. The van der Waals surface area contributed by atoms with E-state index in [2.05, 4.69) is 0 Å². The van der Waals surface area contributed by atoms with Gasteiger partial charge in [-0.25, -0.2) is 8.78 Å². The summed E-state index contributed by atoms with van der Waals surface area (Å²) in [6.45, 7) is 5.45. The van der Waals surface area contributed by atoms with E-state index in [0.29, 0.717) is 31.4 Å². The molecule has 30 heavy (non-hydrogen) atoms. The lowest BCUT2D eigenvalue weighted by Gasteiger charge is -2.21. The minimum Gasteiger partial charge on any atom is -0.389 e. The van der Waals surface area contributed by atoms with Gasteiger partial charge in [0.1, 0.15) is 0 Å². The van der Waals surface area contributed by atoms with Crippen molar-refractivity contribution in [2.24, 2.45) is 5.73 Å². The molecule has 0 fully saturated rings. The van der Waals surface area contributed by atoms with Gasteiger partial charge in [-0.05, 0) is 56.2 Å². The molecule has 1 atom stereocenters. The van der Waals surface area contributed by atoms with Crippen molar-refractivity contribution in [2.45, 2.75) is 39.8 Å². The Morgan fingerprint density at radius 3 is 1.77 bits per heavy atom. The van der Waals surface area contributed by atoms with Crippen LogP contribution in [0.2, 0.25) is 0 Å². The number of carbonyl (C=O) groups excluding carboxylic acids is 2. The molecule has 5 nitrogen and oxygen atoms in total. The molecule has 0 radical (unpaired) electrons. The van der Waals surface area contributed by atoms with Gasteiger partial charge in [0.25, 0.3) is 5.91 Å². The minimum absolute atomic E-state index is 0.0754. The van der Waals surface area contributed by atoms with Crippen molar-refractivity contribution in [2.75, 3.05) is 13.7 Å². The average molecular weight is 426 g/mol. The molecule has 2 aromatic rings. The quantitative estimate of drug-likeness (QED) is 0.720. The third-order valence-corrected chi connectivity index (χ3v) is 3.92. The van der Waals surface area contributed by atoms with Crippen molar-refractivity contribution in [3.63, 3.8) is 0 Å². The number of amides is 2. The Hall–Kier alpha value is -2.87. The molecular weight excluding hydrogens is 397 g/mol. The van der Waals surface area contributed by atoms with Crippen LogP contribution in [0.25, 0.3) is 0 Å². The number of nitrogens with two attached hydrogens (primary N) is 1. The number of aliphatic hydroxyl groups is 1. The van der Waals surface area contributed by atoms with Gasteiger partial charge in [-0.2, -0.15) is 0 Å². The van der Waals surface area contributed by atoms with Crippen molar-refractivity contribution < 1.29 is 27.9 Å². The normalized spacial score (nSPS) is 10.8. The van der Waals surface area contributed by atoms with Crippen molar-refractivity contribution in [3.05, 3.63) is 70.8 Å². The van der Waals surface area contributed by atoms with E-state index in [1.165, 1.54) is 0 Å². The van der Waals surface area contributed by atoms with Gasteiger partial charge >= 0.3 is 0 Å². The highest BCUT2D eigenvalue weighted by molar-refractivity contribution is 5.94. The molecule has 0 aromatic heterocycles. The molecule has 3 N–H and O–H groups in total. The molecule has 0 aliphatic rings. The van der Waals surface area contributed by atoms with Gasteiger partial charge in [0.2, 0.25) is 12.3 Å². The second-order valence-corrected chi connectivity index (χ2v) is 6.20. The largest absolute Gasteiger partial charge is 0.389 e. The number of hydrogen-bond acceptors (Lipinski definition) is 3. The van der Waals surface area contributed by atoms with Crippen LogP contribution < -0.4 is 5.73 Å². The van der Waals surface area contributed by atoms with E-state index in [0.717, 1.165) is 18.1 Å². The Labute approximate surface area is 175 Å². The Morgan fingerprint density at radius 1 is 0.967 bits per heavy atom. The molecule has 0 bridgehead atoms. The van der Waals surface area contributed by atoms with Crippen LogP contribution in [0.5, 0.6) is 0 Å². The zero-order valence-corrected chi connectivity index (χ0v) is 17.6. The molecule has 0 spiro atoms. The van der Waals surface area contributed by atoms with Crippen LogP contribution in [-0.2, 0) is 6.54 Å². The van der Waals surface area contributed by atoms with Crippen LogP contribution >= 0.6 is 0 Å². The lowest BCUT2D eigenvalue weighted by Crippen LogP contribution is -2.30. The second kappa shape index (κ2) is 14.2. The zero-order chi connectivity index (χ0) is 23.3. The third-order valence-electron chi connectivity index (χ3n) is 3.92. The van der Waals surface area contributed by atoms with E-state index in [4.69, 9.17) is 5.73 Å². The summed E-state index contributed by atoms with van der Waals surface area (Å²) in [5, 5.41) is 9.54. The van der Waals surface area contributed by atoms with Crippen LogP contribution in [0, 0.1) is 0 Å². The fourth-order valence-corrected chi connectivity index (χ4v) is 2.41. The van der Waals surface area contributed by atoms with Crippen molar-refractivity contribution in [3.8, 4) is 0 Å². The van der Waals surface area contributed by atoms with Crippen LogP contribution in [0.3, 0.4) is 0 Å². The summed E-state index contributed by atoms with van der Waals surface area (Å²) in [6, 6.07) is 13.9. The Morgan fingerprint density at radius 2 is 1.40 bits per heavy atom. The van der Waals surface area contributed by atoms with Crippen LogP contribution in [0.4, 0.5) is 13.2 Å². The first kappa shape index (κ1) is 27.1. The molecule has 0 aliphatic carbocycles. The monoisotopic (exact) mass is 426 g/mol. The maximum atomic E-state index is 12.6. The molecule has 2 aromatic carbocycles. The molecule has 0 heterocycles. The van der Waals surface area contributed by atoms with Gasteiger partial charge in [0.05, 0.1) is 13.3 Å². The van der Waals surface area contributed by atoms with Gasteiger partial charge in [-0.3, -0.25) is 14.0 Å². The number of aliphatic hydroxyl groups excluding tert-OH is 1. The van der Waals surface area contributed by atoms with E-state index in [1.807, 2.05) is 6.92 Å². The van der Waals surface area contributed by atoms with Gasteiger partial charge in [0.15, 0.2) is 0 Å². The standard InChI is InChI=1S/C19H22N2O3.C2H4F2.CH3F/c1-3-21(12-14-4-6-16(7-5-14)18(20)23)19(24)17-10-8-15(9-11-17)13(2)22;1-2(3)4;1-2/h4-11,13,22H,3,12H2,1-2H3,(H2,20,23);2H,1H3;1H3. The maximum absolute atomic E-state index is 12.6. The minimum atomic E-state index is -2.17. The molecule has 1 unspecified atom stereocenters. The zero-order valence-electron chi connectivity index (χ0n) is 17.6. The highest BCUT2D eigenvalue weighted by Crippen LogP contribution is 2.15. The molecule has 2 rings (SSSR count). The van der Waals surface area contributed by atoms with E-state index in [-0.39, 0.29) is 5.91 Å². The van der Waals surface area contributed by atoms with E-state index < -0.39 is 18.4 Å². The van der Waals surface area contributed by atoms with Crippen molar-refractivity contribution in [1.82, 2.24) is 4.90 Å². The first-order valence-corrected chi connectivity index (χ1v) is 9.27. The molecule has 0 saturated heterocycles. The second-order valence-electron chi connectivity index (χ2n) is 6.20. The average Bonchev–Trinajstić information content (AvgIpc) is 2.73. The van der Waals surface area contributed by atoms with E-state index in [9.17, 15) is 27.9 Å². The number of carbonyl (C=O) groups is 2. The van der Waals surface area contributed by atoms with Gasteiger partial charge in [0, 0.05) is 24.2 Å². The molecule has 8 heteroatoms. The molecule has 166 valence electrons. The summed E-state index contributed by atoms with van der Waals surface area (Å²) in [5.74, 6) is -0.545. The summed E-state index contributed by atoms with van der Waals surface area (Å²) in [4.78, 5) is 25.4. The Balaban J connectivity index is 0.00000125. The molecule has 0 aliphatic heterocycles. The number of rotatable bonds is 6. The predicted molar refractivity (Wildman–Crippen MR) is 111 cm³/mol. The number of alkyl halides is 3. The van der Waals surface area contributed by atoms with Crippen LogP contribution in [0.15, 0.2) is 48.5 Å². The van der Waals surface area contributed by atoms with Crippen molar-refractivity contribution in [1.29, 1.82) is 0 Å². The number of halogens is 3. The summed E-state index contributed by atoms with van der Waals surface area (Å²) in [6.07, 6.45) is -2.72. The summed E-state index contributed by atoms with van der Waals surface area (Å²) < 4.78 is 30.2. The van der Waals surface area contributed by atoms with Crippen LogP contribution in [-0.4, -0.2) is 42.0 Å². The highest BCUT2D eigenvalue weighted by atomic mass is 19.3. The molecule has 0 saturated carbocycles. The van der Waals surface area contributed by atoms with Gasteiger partial charge in [-0.1, -0.05) is 24.3 Å². The van der Waals surface area contributed by atoms with Gasteiger partial charge < -0.3 is 15.7 Å². The fourth-order valence-electron chi connectivity index (χ4n) is 2.41. The summed E-state index contributed by atoms with van der Waals surface area (Å²) in [5.41, 5.74) is 7.95. The number of hydrogen-bond donors (Lipinski definition) is 2. The number of nitrogens with zero attached hydrogens (tertiary/aromatic N) is 1. The molecule has 2 amide bonds. The molecular formula is C22H29F3N2O3. The number of primary amides is 1. The number of benzene rings is 2. The van der Waals surface area contributed by atoms with E-state index >= 15 is 0 Å². The first-order valence-electron chi connectivity index (χ1n) is 9.27. The SMILES string of the molecule is CC(F)F.CCN(Cc1ccc(C(N)=O)cc1)C(=O)c1ccc(C(C)O)cc1.CF. The van der Waals surface area contributed by atoms with Crippen LogP contribution in [0.1, 0.15) is 58.7 Å². The third kappa shape index (κ3) is 9.56. The topological polar surface area (TPSA) is 83.6 Å². The first-order chi connectivity index (χ1) is 14.1. The highest BCUT2D eigenvalue weighted by Gasteiger charge is 2.15. The summed E-state index contributed by atoms with van der Waals surface area (Å²) in [7, 11) is 0.500. The van der Waals surface area contributed by atoms with Crippen molar-refractivity contribution >= 4 is 11.8 Å². The lowest BCUT2D eigenvalue weighted by atomic mass is 10.1.